The molecule has 0 aliphatic heterocycles. The maximum absolute atomic E-state index is 10.9. The van der Waals surface area contributed by atoms with Gasteiger partial charge in [-0.25, -0.2) is 0 Å². The minimum Gasteiger partial charge on any atom is -0.367 e. The van der Waals surface area contributed by atoms with Gasteiger partial charge in [0.05, 0.1) is 16.8 Å². The third-order valence-electron chi connectivity index (χ3n) is 3.77. The smallest absolute Gasteiger partial charge is 0.367 e. The average molecular weight is 307 g/mol. The van der Waals surface area contributed by atoms with Crippen LogP contribution in [0.2, 0.25) is 0 Å². The molecule has 0 aromatic carbocycles. The lowest BCUT2D eigenvalue weighted by Crippen LogP contribution is -2.58. The number of hydrogen-bond acceptors (Lipinski definition) is 4. The summed E-state index contributed by atoms with van der Waals surface area (Å²) < 4.78 is 17.7. The van der Waals surface area contributed by atoms with Gasteiger partial charge < -0.3 is 18.1 Å². The molecule has 0 heterocycles. The maximum Gasteiger partial charge on any atom is 0.678 e. The summed E-state index contributed by atoms with van der Waals surface area (Å²) in [6.07, 6.45) is 2.32. The van der Waals surface area contributed by atoms with E-state index in [1.54, 1.807) is 0 Å². The Labute approximate surface area is 126 Å². The predicted molar refractivity (Wildman–Crippen MR) is 84.3 cm³/mol. The highest BCUT2D eigenvalue weighted by molar-refractivity contribution is 6.52. The van der Waals surface area contributed by atoms with Crippen molar-refractivity contribution >= 4 is 9.05 Å². The quantitative estimate of drug-likeness (QED) is 0.653. The Morgan fingerprint density at radius 2 is 0.850 bits per heavy atom. The van der Waals surface area contributed by atoms with E-state index in [1.165, 1.54) is 0 Å². The molecule has 0 fully saturated rings. The molecule has 0 bridgehead atoms. The van der Waals surface area contributed by atoms with E-state index < -0.39 is 25.9 Å². The summed E-state index contributed by atoms with van der Waals surface area (Å²) >= 11 is 0. The Hall–Kier alpha value is 0.0569. The Morgan fingerprint density at radius 3 is 1.00 bits per heavy atom. The highest BCUT2D eigenvalue weighted by Gasteiger charge is 2.52. The van der Waals surface area contributed by atoms with Gasteiger partial charge in [-0.05, 0) is 60.8 Å². The summed E-state index contributed by atoms with van der Waals surface area (Å²) in [7, 11) is -3.72. The van der Waals surface area contributed by atoms with E-state index in [-0.39, 0.29) is 0 Å². The van der Waals surface area contributed by atoms with Gasteiger partial charge in [0.1, 0.15) is 0 Å². The largest absolute Gasteiger partial charge is 0.678 e. The van der Waals surface area contributed by atoms with Gasteiger partial charge in [-0.2, -0.15) is 0 Å². The fourth-order valence-corrected chi connectivity index (χ4v) is 3.98. The Kier molecular flexibility index (Phi) is 6.90. The van der Waals surface area contributed by atoms with Crippen molar-refractivity contribution in [1.29, 1.82) is 0 Å². The molecule has 0 saturated carbocycles. The first-order valence-electron chi connectivity index (χ1n) is 7.63. The third-order valence-corrected chi connectivity index (χ3v) is 6.20. The van der Waals surface area contributed by atoms with Crippen LogP contribution in [0.5, 0.6) is 0 Å². The van der Waals surface area contributed by atoms with Crippen LogP contribution in [-0.2, 0) is 13.3 Å². The zero-order valence-corrected chi connectivity index (χ0v) is 15.8. The lowest BCUT2D eigenvalue weighted by molar-refractivity contribution is -0.132. The van der Waals surface area contributed by atoms with Crippen LogP contribution in [0.1, 0.15) is 81.6 Å². The van der Waals surface area contributed by atoms with Crippen molar-refractivity contribution in [2.75, 3.05) is 0 Å². The van der Waals surface area contributed by atoms with E-state index in [1.807, 2.05) is 62.3 Å². The molecule has 20 heavy (non-hydrogen) atoms. The summed E-state index contributed by atoms with van der Waals surface area (Å²) in [5, 5.41) is 0. The molecule has 1 N–H and O–H groups in total. The normalized spacial score (nSPS) is 14.7. The van der Waals surface area contributed by atoms with Crippen LogP contribution in [-0.4, -0.2) is 30.6 Å². The summed E-state index contributed by atoms with van der Waals surface area (Å²) in [6.45, 7) is 17.7. The van der Waals surface area contributed by atoms with Crippen LogP contribution in [0.4, 0.5) is 0 Å². The van der Waals surface area contributed by atoms with Crippen molar-refractivity contribution in [3.05, 3.63) is 0 Å². The van der Waals surface area contributed by atoms with Crippen LogP contribution < -0.4 is 0 Å². The monoisotopic (exact) mass is 306 g/mol. The van der Waals surface area contributed by atoms with E-state index >= 15 is 0 Å². The highest BCUT2D eigenvalue weighted by Crippen LogP contribution is 2.30. The second-order valence-electron chi connectivity index (χ2n) is 7.17. The van der Waals surface area contributed by atoms with Gasteiger partial charge in [-0.1, -0.05) is 20.8 Å². The molecule has 0 aliphatic rings. The lowest BCUT2D eigenvalue weighted by atomic mass is 10.1. The SMILES string of the molecule is CCC(C)(C)O[Si](O)(OC(C)(C)CC)OC(C)(C)CC. The topological polar surface area (TPSA) is 47.9 Å². The van der Waals surface area contributed by atoms with Gasteiger partial charge in [0.15, 0.2) is 0 Å². The fraction of sp³-hybridized carbons (Fsp3) is 1.00. The zero-order valence-electron chi connectivity index (χ0n) is 14.8. The molecule has 0 aromatic heterocycles. The van der Waals surface area contributed by atoms with Gasteiger partial charge in [0.25, 0.3) is 0 Å². The van der Waals surface area contributed by atoms with Gasteiger partial charge in [-0.3, -0.25) is 0 Å². The molecule has 0 rings (SSSR count). The van der Waals surface area contributed by atoms with Gasteiger partial charge in [-0.15, -0.1) is 0 Å². The Morgan fingerprint density at radius 1 is 0.650 bits per heavy atom. The zero-order chi connectivity index (χ0) is 16.2. The molecule has 0 saturated heterocycles. The highest BCUT2D eigenvalue weighted by atomic mass is 28.4. The molecule has 0 atom stereocenters. The van der Waals surface area contributed by atoms with Crippen LogP contribution in [0, 0.1) is 0 Å². The second-order valence-corrected chi connectivity index (χ2v) is 8.83. The second kappa shape index (κ2) is 6.88. The van der Waals surface area contributed by atoms with Crippen molar-refractivity contribution < 1.29 is 18.1 Å². The van der Waals surface area contributed by atoms with Crippen molar-refractivity contribution in [1.82, 2.24) is 0 Å². The Bertz CT molecular complexity index is 255. The summed E-state index contributed by atoms with van der Waals surface area (Å²) in [5.41, 5.74) is -1.43. The first-order valence-corrected chi connectivity index (χ1v) is 9.30. The van der Waals surface area contributed by atoms with Gasteiger partial charge >= 0.3 is 9.05 Å². The molecule has 4 nitrogen and oxygen atoms in total. The standard InChI is InChI=1S/C15H34O4Si/c1-10-13(4,5)17-20(16,18-14(6,7)11-2)19-15(8,9)12-3/h16H,10-12H2,1-9H3. The van der Waals surface area contributed by atoms with Crippen molar-refractivity contribution in [3.8, 4) is 0 Å². The summed E-state index contributed by atoms with van der Waals surface area (Å²) in [5.74, 6) is 0. The predicted octanol–water partition coefficient (Wildman–Crippen LogP) is 4.03. The minimum absolute atomic E-state index is 0.478. The molecule has 122 valence electrons. The first kappa shape index (κ1) is 20.1. The van der Waals surface area contributed by atoms with Crippen LogP contribution in [0.25, 0.3) is 0 Å². The molecular weight excluding hydrogens is 272 g/mol. The molecule has 0 unspecified atom stereocenters. The molecule has 0 aromatic rings. The minimum atomic E-state index is -3.72. The van der Waals surface area contributed by atoms with Crippen LogP contribution in [0.15, 0.2) is 0 Å². The molecule has 0 aliphatic carbocycles. The number of rotatable bonds is 9. The average Bonchev–Trinajstić information content (AvgIpc) is 2.26. The van der Waals surface area contributed by atoms with Gasteiger partial charge in [0.2, 0.25) is 0 Å². The summed E-state index contributed by atoms with van der Waals surface area (Å²) in [4.78, 5) is 10.9. The molecule has 0 amide bonds. The van der Waals surface area contributed by atoms with E-state index in [0.29, 0.717) is 0 Å². The van der Waals surface area contributed by atoms with Crippen LogP contribution >= 0.6 is 0 Å². The lowest BCUT2D eigenvalue weighted by Gasteiger charge is -2.40. The van der Waals surface area contributed by atoms with E-state index in [0.717, 1.165) is 19.3 Å². The number of hydrogen-bond donors (Lipinski definition) is 1. The maximum atomic E-state index is 10.9. The molecule has 5 heteroatoms. The molecule has 0 radical (unpaired) electrons. The van der Waals surface area contributed by atoms with E-state index in [4.69, 9.17) is 13.3 Å². The van der Waals surface area contributed by atoms with Crippen LogP contribution in [0.3, 0.4) is 0 Å². The first-order chi connectivity index (χ1) is 8.80. The van der Waals surface area contributed by atoms with Crippen molar-refractivity contribution in [3.63, 3.8) is 0 Å². The molecule has 0 spiro atoms. The fourth-order valence-electron chi connectivity index (χ4n) is 1.33. The van der Waals surface area contributed by atoms with E-state index in [2.05, 4.69) is 0 Å². The van der Waals surface area contributed by atoms with E-state index in [9.17, 15) is 4.80 Å². The summed E-state index contributed by atoms with van der Waals surface area (Å²) in [6, 6.07) is 0. The van der Waals surface area contributed by atoms with Gasteiger partial charge in [0, 0.05) is 0 Å². The Balaban J connectivity index is 5.23. The third kappa shape index (κ3) is 7.18. The molecular formula is C15H34O4Si. The van der Waals surface area contributed by atoms with Crippen molar-refractivity contribution in [2.24, 2.45) is 0 Å². The van der Waals surface area contributed by atoms with Crippen molar-refractivity contribution in [2.45, 2.75) is 98.4 Å².